The summed E-state index contributed by atoms with van der Waals surface area (Å²) in [5.41, 5.74) is 3.75. The van der Waals surface area contributed by atoms with Crippen LogP contribution in [0.2, 0.25) is 0 Å². The average Bonchev–Trinajstić information content (AvgIpc) is 2.53. The fourth-order valence-electron chi connectivity index (χ4n) is 2.71. The zero-order valence-corrected chi connectivity index (χ0v) is 17.8. The van der Waals surface area contributed by atoms with Crippen LogP contribution in [0.4, 0.5) is 11.4 Å². The third-order valence-electron chi connectivity index (χ3n) is 4.03. The van der Waals surface area contributed by atoms with Crippen LogP contribution in [0.3, 0.4) is 0 Å². The van der Waals surface area contributed by atoms with Gasteiger partial charge in [0.1, 0.15) is 0 Å². The third kappa shape index (κ3) is 5.18. The van der Waals surface area contributed by atoms with Crippen molar-refractivity contribution in [2.75, 3.05) is 0 Å². The Kier molecular flexibility index (Phi) is 6.31. The molecular formula is C22H26Cl2N2. The van der Waals surface area contributed by atoms with E-state index in [9.17, 15) is 0 Å². The summed E-state index contributed by atoms with van der Waals surface area (Å²) in [5, 5.41) is 0.374. The van der Waals surface area contributed by atoms with E-state index in [2.05, 4.69) is 63.7 Å². The van der Waals surface area contributed by atoms with Gasteiger partial charge in [-0.25, -0.2) is 9.98 Å². The fraction of sp³-hybridized carbons (Fsp3) is 0.364. The largest absolute Gasteiger partial charge is 0.233 e. The molecule has 0 radical (unpaired) electrons. The second-order valence-corrected chi connectivity index (χ2v) is 9.06. The summed E-state index contributed by atoms with van der Waals surface area (Å²) < 4.78 is 0. The summed E-state index contributed by atoms with van der Waals surface area (Å²) in [7, 11) is 0. The van der Waals surface area contributed by atoms with Crippen LogP contribution >= 0.6 is 23.2 Å². The number of para-hydroxylation sites is 2. The molecule has 2 aromatic carbocycles. The Labute approximate surface area is 167 Å². The van der Waals surface area contributed by atoms with Crippen LogP contribution in [0.5, 0.6) is 0 Å². The molecule has 138 valence electrons. The van der Waals surface area contributed by atoms with Gasteiger partial charge in [-0.15, -0.1) is 0 Å². The van der Waals surface area contributed by atoms with Crippen LogP contribution in [-0.4, -0.2) is 10.3 Å². The van der Waals surface area contributed by atoms with E-state index in [4.69, 9.17) is 23.2 Å². The Morgan fingerprint density at radius 1 is 0.615 bits per heavy atom. The predicted octanol–water partition coefficient (Wildman–Crippen LogP) is 7.52. The van der Waals surface area contributed by atoms with Crippen LogP contribution in [0.1, 0.15) is 52.7 Å². The number of halogens is 2. The molecule has 0 amide bonds. The van der Waals surface area contributed by atoms with Crippen molar-refractivity contribution in [1.82, 2.24) is 0 Å². The average molecular weight is 389 g/mol. The Morgan fingerprint density at radius 2 is 0.923 bits per heavy atom. The van der Waals surface area contributed by atoms with Crippen LogP contribution in [-0.2, 0) is 10.8 Å². The Bertz CT molecular complexity index is 766. The highest BCUT2D eigenvalue weighted by Crippen LogP contribution is 2.33. The van der Waals surface area contributed by atoms with Gasteiger partial charge in [-0.1, -0.05) is 101 Å². The maximum absolute atomic E-state index is 6.39. The number of hydrogen-bond donors (Lipinski definition) is 0. The second-order valence-electron chi connectivity index (χ2n) is 8.34. The lowest BCUT2D eigenvalue weighted by atomic mass is 9.86. The summed E-state index contributed by atoms with van der Waals surface area (Å²) in [6.45, 7) is 12.9. The summed E-state index contributed by atoms with van der Waals surface area (Å²) in [6.07, 6.45) is 0. The number of hydrogen-bond acceptors (Lipinski definition) is 2. The Hall–Kier alpha value is -1.64. The van der Waals surface area contributed by atoms with Gasteiger partial charge in [-0.05, 0) is 34.1 Å². The molecule has 0 aliphatic carbocycles. The van der Waals surface area contributed by atoms with Crippen LogP contribution in [0.15, 0.2) is 58.5 Å². The molecule has 2 aromatic rings. The first-order valence-corrected chi connectivity index (χ1v) is 9.43. The number of benzene rings is 2. The normalized spacial score (nSPS) is 13.8. The van der Waals surface area contributed by atoms with E-state index in [1.807, 2.05) is 36.4 Å². The first-order valence-electron chi connectivity index (χ1n) is 8.68. The quantitative estimate of drug-likeness (QED) is 0.485. The minimum absolute atomic E-state index is 0.0419. The topological polar surface area (TPSA) is 24.7 Å². The third-order valence-corrected chi connectivity index (χ3v) is 4.66. The number of nitrogens with zero attached hydrogens (tertiary/aromatic N) is 2. The van der Waals surface area contributed by atoms with E-state index in [0.29, 0.717) is 0 Å². The maximum atomic E-state index is 6.39. The van der Waals surface area contributed by atoms with Crippen molar-refractivity contribution in [2.24, 2.45) is 9.98 Å². The van der Waals surface area contributed by atoms with Crippen molar-refractivity contribution in [3.05, 3.63) is 59.7 Å². The minimum atomic E-state index is -0.0419. The molecule has 0 spiro atoms. The van der Waals surface area contributed by atoms with Crippen molar-refractivity contribution in [1.29, 1.82) is 0 Å². The molecule has 26 heavy (non-hydrogen) atoms. The first kappa shape index (κ1) is 20.7. The summed E-state index contributed by atoms with van der Waals surface area (Å²) in [5.74, 6) is 0. The number of aliphatic imine (C=N–C) groups is 2. The lowest BCUT2D eigenvalue weighted by Crippen LogP contribution is -2.12. The monoisotopic (exact) mass is 388 g/mol. The van der Waals surface area contributed by atoms with Gasteiger partial charge >= 0.3 is 0 Å². The summed E-state index contributed by atoms with van der Waals surface area (Å²) >= 11 is 12.8. The first-order chi connectivity index (χ1) is 12.0. The molecular weight excluding hydrogens is 363 g/mol. The number of rotatable bonds is 3. The second kappa shape index (κ2) is 7.94. The summed E-state index contributed by atoms with van der Waals surface area (Å²) in [4.78, 5) is 9.07. The molecule has 0 heterocycles. The molecule has 0 atom stereocenters. The molecule has 0 aliphatic rings. The van der Waals surface area contributed by atoms with Crippen molar-refractivity contribution >= 4 is 44.9 Å². The van der Waals surface area contributed by atoms with E-state index >= 15 is 0 Å². The molecule has 4 heteroatoms. The SMILES string of the molecule is CC(C)(C)c1ccccc1N=C(Cl)C(Cl)=Nc1ccccc1C(C)(C)C. The predicted molar refractivity (Wildman–Crippen MR) is 116 cm³/mol. The van der Waals surface area contributed by atoms with Gasteiger partial charge < -0.3 is 0 Å². The van der Waals surface area contributed by atoms with Gasteiger partial charge in [0.05, 0.1) is 11.4 Å². The van der Waals surface area contributed by atoms with E-state index in [1.54, 1.807) is 0 Å². The smallest absolute Gasteiger partial charge is 0.166 e. The van der Waals surface area contributed by atoms with Crippen LogP contribution < -0.4 is 0 Å². The van der Waals surface area contributed by atoms with Crippen molar-refractivity contribution in [3.63, 3.8) is 0 Å². The van der Waals surface area contributed by atoms with Gasteiger partial charge in [0.15, 0.2) is 10.3 Å². The van der Waals surface area contributed by atoms with E-state index < -0.39 is 0 Å². The molecule has 0 fully saturated rings. The Morgan fingerprint density at radius 3 is 1.23 bits per heavy atom. The molecule has 0 aliphatic heterocycles. The summed E-state index contributed by atoms with van der Waals surface area (Å²) in [6, 6.07) is 15.9. The molecule has 2 rings (SSSR count). The van der Waals surface area contributed by atoms with Crippen LogP contribution in [0, 0.1) is 0 Å². The van der Waals surface area contributed by atoms with Gasteiger partial charge in [0.25, 0.3) is 0 Å². The van der Waals surface area contributed by atoms with E-state index in [1.165, 1.54) is 0 Å². The maximum Gasteiger partial charge on any atom is 0.166 e. The Balaban J connectivity index is 2.45. The fourth-order valence-corrected chi connectivity index (χ4v) is 2.98. The lowest BCUT2D eigenvalue weighted by Gasteiger charge is -2.21. The van der Waals surface area contributed by atoms with Gasteiger partial charge in [0.2, 0.25) is 0 Å². The highest BCUT2D eigenvalue weighted by atomic mass is 35.5. The van der Waals surface area contributed by atoms with Gasteiger partial charge in [0, 0.05) is 0 Å². The lowest BCUT2D eigenvalue weighted by molar-refractivity contribution is 0.591. The zero-order valence-electron chi connectivity index (χ0n) is 16.3. The van der Waals surface area contributed by atoms with Crippen molar-refractivity contribution in [2.45, 2.75) is 52.4 Å². The minimum Gasteiger partial charge on any atom is -0.233 e. The molecule has 0 N–H and O–H groups in total. The molecule has 0 saturated carbocycles. The van der Waals surface area contributed by atoms with Crippen molar-refractivity contribution in [3.8, 4) is 0 Å². The van der Waals surface area contributed by atoms with Crippen molar-refractivity contribution < 1.29 is 0 Å². The molecule has 0 saturated heterocycles. The highest BCUT2D eigenvalue weighted by Gasteiger charge is 2.19. The van der Waals surface area contributed by atoms with E-state index in [0.717, 1.165) is 22.5 Å². The van der Waals surface area contributed by atoms with E-state index in [-0.39, 0.29) is 21.2 Å². The molecule has 0 bridgehead atoms. The van der Waals surface area contributed by atoms with Gasteiger partial charge in [-0.2, -0.15) is 0 Å². The zero-order chi connectivity index (χ0) is 19.5. The molecule has 0 unspecified atom stereocenters. The highest BCUT2D eigenvalue weighted by molar-refractivity contribution is 7.00. The van der Waals surface area contributed by atoms with Gasteiger partial charge in [-0.3, -0.25) is 0 Å². The molecule has 2 nitrogen and oxygen atoms in total. The van der Waals surface area contributed by atoms with Crippen LogP contribution in [0.25, 0.3) is 0 Å². The standard InChI is InChI=1S/C22H26Cl2N2/c1-21(2,3)15-11-7-9-13-17(15)25-19(23)20(24)26-18-14-10-8-12-16(18)22(4,5)6/h7-14H,1-6H3. The molecule has 0 aromatic heterocycles.